The third-order valence-electron chi connectivity index (χ3n) is 6.95. The fraction of sp³-hybridized carbons (Fsp3) is 0.357. The predicted octanol–water partition coefficient (Wildman–Crippen LogP) is 9.53. The zero-order valence-corrected chi connectivity index (χ0v) is 20.2. The second-order valence-corrected chi connectivity index (χ2v) is 9.48. The van der Waals surface area contributed by atoms with Crippen LogP contribution in [0.15, 0.2) is 36.4 Å². The molecule has 0 saturated heterocycles. The summed E-state index contributed by atoms with van der Waals surface area (Å²) in [6.07, 6.45) is 0.381. The maximum atomic E-state index is 14.8. The fourth-order valence-corrected chi connectivity index (χ4v) is 5.03. The van der Waals surface area contributed by atoms with Gasteiger partial charge >= 0.3 is 6.11 Å². The average Bonchev–Trinajstić information content (AvgIpc) is 2.85. The monoisotopic (exact) mass is 546 g/mol. The van der Waals surface area contributed by atoms with Gasteiger partial charge < -0.3 is 4.74 Å². The Kier molecular flexibility index (Phi) is 7.99. The topological polar surface area (TPSA) is 9.23 Å². The van der Waals surface area contributed by atoms with Crippen LogP contribution in [0.5, 0.6) is 5.75 Å². The van der Waals surface area contributed by atoms with E-state index in [2.05, 4.69) is 11.7 Å². The van der Waals surface area contributed by atoms with Crippen LogP contribution in [0, 0.1) is 46.6 Å². The number of halogens is 9. The Morgan fingerprint density at radius 3 is 1.87 bits per heavy atom. The molecule has 0 aliphatic heterocycles. The molecule has 1 aliphatic carbocycles. The van der Waals surface area contributed by atoms with E-state index >= 15 is 0 Å². The number of hydrogen-bond acceptors (Lipinski definition) is 1. The van der Waals surface area contributed by atoms with E-state index in [-0.39, 0.29) is 11.5 Å². The van der Waals surface area contributed by atoms with Gasteiger partial charge in [-0.05, 0) is 85.0 Å². The molecule has 3 aromatic rings. The zero-order valence-electron chi connectivity index (χ0n) is 20.2. The summed E-state index contributed by atoms with van der Waals surface area (Å²) < 4.78 is 133. The van der Waals surface area contributed by atoms with Crippen molar-refractivity contribution in [2.45, 2.75) is 57.5 Å². The second kappa shape index (κ2) is 10.9. The summed E-state index contributed by atoms with van der Waals surface area (Å²) >= 11 is 0. The van der Waals surface area contributed by atoms with Gasteiger partial charge in [-0.1, -0.05) is 19.8 Å². The van der Waals surface area contributed by atoms with Crippen LogP contribution in [-0.2, 0) is 6.11 Å². The van der Waals surface area contributed by atoms with Crippen molar-refractivity contribution in [3.05, 3.63) is 88.2 Å². The van der Waals surface area contributed by atoms with Gasteiger partial charge in [-0.3, -0.25) is 0 Å². The van der Waals surface area contributed by atoms with Crippen molar-refractivity contribution in [2.75, 3.05) is 0 Å². The summed E-state index contributed by atoms with van der Waals surface area (Å²) in [5.41, 5.74) is -2.94. The lowest BCUT2D eigenvalue weighted by Crippen LogP contribution is -2.26. The van der Waals surface area contributed by atoms with Crippen LogP contribution in [0.2, 0.25) is 0 Å². The molecule has 0 radical (unpaired) electrons. The molecule has 204 valence electrons. The highest BCUT2D eigenvalue weighted by molar-refractivity contribution is 5.65. The summed E-state index contributed by atoms with van der Waals surface area (Å²) in [7, 11) is 0. The highest BCUT2D eigenvalue weighted by Crippen LogP contribution is 2.42. The van der Waals surface area contributed by atoms with Crippen molar-refractivity contribution in [3.8, 4) is 16.9 Å². The molecule has 4 rings (SSSR count). The molecule has 0 heterocycles. The summed E-state index contributed by atoms with van der Waals surface area (Å²) in [4.78, 5) is 0. The highest BCUT2D eigenvalue weighted by atomic mass is 19.3. The van der Waals surface area contributed by atoms with Gasteiger partial charge in [-0.25, -0.2) is 26.3 Å². The van der Waals surface area contributed by atoms with Crippen molar-refractivity contribution in [2.24, 2.45) is 5.92 Å². The van der Waals surface area contributed by atoms with Crippen LogP contribution in [0.3, 0.4) is 0 Å². The number of rotatable bonds is 7. The third kappa shape index (κ3) is 5.49. The highest BCUT2D eigenvalue weighted by Gasteiger charge is 2.42. The van der Waals surface area contributed by atoms with Crippen LogP contribution >= 0.6 is 0 Å². The van der Waals surface area contributed by atoms with Gasteiger partial charge in [0, 0.05) is 5.56 Å². The minimum Gasteiger partial charge on any atom is -0.425 e. The lowest BCUT2D eigenvalue weighted by atomic mass is 9.77. The van der Waals surface area contributed by atoms with Gasteiger partial charge in [-0.15, -0.1) is 0 Å². The minimum atomic E-state index is -4.74. The smallest absolute Gasteiger partial charge is 0.425 e. The zero-order chi connectivity index (χ0) is 27.8. The van der Waals surface area contributed by atoms with Gasteiger partial charge in [0.25, 0.3) is 0 Å². The third-order valence-corrected chi connectivity index (χ3v) is 6.95. The van der Waals surface area contributed by atoms with Gasteiger partial charge in [0.15, 0.2) is 29.0 Å². The van der Waals surface area contributed by atoms with E-state index < -0.39 is 69.3 Å². The lowest BCUT2D eigenvalue weighted by molar-refractivity contribution is -0.191. The normalized spacial score (nSPS) is 18.1. The first-order valence-electron chi connectivity index (χ1n) is 12.1. The Morgan fingerprint density at radius 1 is 0.737 bits per heavy atom. The number of hydrogen-bond donors (Lipinski definition) is 0. The van der Waals surface area contributed by atoms with Crippen LogP contribution in [0.25, 0.3) is 11.1 Å². The van der Waals surface area contributed by atoms with Crippen molar-refractivity contribution >= 4 is 0 Å². The van der Waals surface area contributed by atoms with Crippen molar-refractivity contribution in [1.29, 1.82) is 0 Å². The molecule has 0 aromatic heterocycles. The van der Waals surface area contributed by atoms with E-state index in [0.717, 1.165) is 37.8 Å². The standard InChI is InChI=1S/C28H23F9O/c1-2-3-14-4-6-15(7-5-14)16-10-19(29)24(20(30)11-16)28(36,37)38-23-9-8-18(25(33)27(23)35)17-12-21(31)26(34)22(32)13-17/h8-15H,2-7H2,1H3. The van der Waals surface area contributed by atoms with Crippen molar-refractivity contribution < 1.29 is 44.3 Å². The second-order valence-electron chi connectivity index (χ2n) is 9.48. The first-order chi connectivity index (χ1) is 17.9. The molecular formula is C28H23F9O. The Labute approximate surface area is 213 Å². The molecule has 38 heavy (non-hydrogen) atoms. The summed E-state index contributed by atoms with van der Waals surface area (Å²) in [6.45, 7) is 2.07. The Bertz CT molecular complexity index is 1280. The van der Waals surface area contributed by atoms with Gasteiger partial charge in [0.2, 0.25) is 5.82 Å². The molecule has 1 aliphatic rings. The van der Waals surface area contributed by atoms with E-state index in [4.69, 9.17) is 0 Å². The first kappa shape index (κ1) is 27.9. The Hall–Kier alpha value is -3.17. The maximum Gasteiger partial charge on any atom is 0.432 e. The van der Waals surface area contributed by atoms with Gasteiger partial charge in [0.1, 0.15) is 17.2 Å². The van der Waals surface area contributed by atoms with Gasteiger partial charge in [0.05, 0.1) is 0 Å². The number of ether oxygens (including phenoxy) is 1. The Morgan fingerprint density at radius 2 is 1.32 bits per heavy atom. The SMILES string of the molecule is CCCC1CCC(c2cc(F)c(C(F)(F)Oc3ccc(-c4cc(F)c(F)c(F)c4)c(F)c3F)c(F)c2)CC1. The van der Waals surface area contributed by atoms with Crippen molar-refractivity contribution in [1.82, 2.24) is 0 Å². The minimum absolute atomic E-state index is 0.198. The van der Waals surface area contributed by atoms with E-state index in [1.807, 2.05) is 0 Å². The number of benzene rings is 3. The lowest BCUT2D eigenvalue weighted by Gasteiger charge is -2.29. The summed E-state index contributed by atoms with van der Waals surface area (Å²) in [5.74, 6) is -13.4. The molecule has 0 unspecified atom stereocenters. The largest absolute Gasteiger partial charge is 0.432 e. The molecule has 3 aromatic carbocycles. The predicted molar refractivity (Wildman–Crippen MR) is 122 cm³/mol. The average molecular weight is 546 g/mol. The molecular weight excluding hydrogens is 523 g/mol. The van der Waals surface area contributed by atoms with Crippen LogP contribution in [0.4, 0.5) is 39.5 Å². The molecule has 10 heteroatoms. The molecule has 0 N–H and O–H groups in total. The van der Waals surface area contributed by atoms with E-state index in [9.17, 15) is 39.5 Å². The van der Waals surface area contributed by atoms with E-state index in [1.165, 1.54) is 0 Å². The molecule has 0 atom stereocenters. The van der Waals surface area contributed by atoms with Crippen LogP contribution < -0.4 is 4.74 Å². The van der Waals surface area contributed by atoms with Crippen LogP contribution in [0.1, 0.15) is 62.5 Å². The summed E-state index contributed by atoms with van der Waals surface area (Å²) in [5, 5.41) is 0. The molecule has 0 spiro atoms. The molecule has 1 saturated carbocycles. The van der Waals surface area contributed by atoms with Crippen molar-refractivity contribution in [3.63, 3.8) is 0 Å². The fourth-order valence-electron chi connectivity index (χ4n) is 5.03. The molecule has 0 bridgehead atoms. The van der Waals surface area contributed by atoms with Gasteiger partial charge in [-0.2, -0.15) is 13.2 Å². The first-order valence-corrected chi connectivity index (χ1v) is 12.1. The molecule has 0 amide bonds. The molecule has 1 fully saturated rings. The summed E-state index contributed by atoms with van der Waals surface area (Å²) in [6, 6.07) is 3.53. The number of alkyl halides is 2. The Balaban J connectivity index is 1.59. The quantitative estimate of drug-likeness (QED) is 0.212. The molecule has 1 nitrogen and oxygen atoms in total. The van der Waals surface area contributed by atoms with Crippen LogP contribution in [-0.4, -0.2) is 0 Å². The van der Waals surface area contributed by atoms with E-state index in [0.29, 0.717) is 43.0 Å². The van der Waals surface area contributed by atoms with E-state index in [1.54, 1.807) is 0 Å². The maximum absolute atomic E-state index is 14.8.